The first-order valence-corrected chi connectivity index (χ1v) is 7.27. The average molecular weight is 255 g/mol. The first-order chi connectivity index (χ1) is 8.22. The summed E-state index contributed by atoms with van der Waals surface area (Å²) in [6, 6.07) is 0.0329. The Hall–Kier alpha value is -0.680. The van der Waals surface area contributed by atoms with Crippen LogP contribution in [0, 0.1) is 5.92 Å². The number of aryl methyl sites for hydroxylation is 1. The molecule has 1 saturated heterocycles. The third-order valence-corrected chi connectivity index (χ3v) is 4.50. The molecular formula is C12H21N3OS. The van der Waals surface area contributed by atoms with Gasteiger partial charge in [-0.3, -0.25) is 4.68 Å². The van der Waals surface area contributed by atoms with Gasteiger partial charge in [0.2, 0.25) is 0 Å². The monoisotopic (exact) mass is 255 g/mol. The Kier molecular flexibility index (Phi) is 4.34. The Morgan fingerprint density at radius 2 is 2.29 bits per heavy atom. The van der Waals surface area contributed by atoms with Crippen molar-refractivity contribution in [3.63, 3.8) is 0 Å². The Balaban J connectivity index is 2.02. The predicted octanol–water partition coefficient (Wildman–Crippen LogP) is 1.96. The zero-order chi connectivity index (χ0) is 12.3. The Morgan fingerprint density at radius 3 is 2.94 bits per heavy atom. The number of nitrogens with two attached hydrogens (primary N) is 1. The Labute approximate surface area is 107 Å². The van der Waals surface area contributed by atoms with Crippen molar-refractivity contribution in [3.8, 4) is 5.75 Å². The fraction of sp³-hybridized carbons (Fsp3) is 0.750. The van der Waals surface area contributed by atoms with Gasteiger partial charge in [-0.05, 0) is 36.7 Å². The van der Waals surface area contributed by atoms with Crippen molar-refractivity contribution in [1.82, 2.24) is 9.78 Å². The van der Waals surface area contributed by atoms with Crippen molar-refractivity contribution < 1.29 is 4.74 Å². The molecule has 2 N–H and O–H groups in total. The molecule has 17 heavy (non-hydrogen) atoms. The summed E-state index contributed by atoms with van der Waals surface area (Å²) in [7, 11) is 3.60. The summed E-state index contributed by atoms with van der Waals surface area (Å²) in [5, 5.41) is 4.21. The molecule has 1 aromatic heterocycles. The molecule has 0 aliphatic carbocycles. The third-order valence-electron chi connectivity index (χ3n) is 3.45. The Bertz CT molecular complexity index is 361. The molecule has 0 spiro atoms. The lowest BCUT2D eigenvalue weighted by Gasteiger charge is -2.24. The van der Waals surface area contributed by atoms with E-state index < -0.39 is 0 Å². The highest BCUT2D eigenvalue weighted by molar-refractivity contribution is 7.99. The zero-order valence-corrected chi connectivity index (χ0v) is 11.4. The number of thioether (sulfide) groups is 1. The highest BCUT2D eigenvalue weighted by Crippen LogP contribution is 2.32. The molecule has 0 saturated carbocycles. The lowest BCUT2D eigenvalue weighted by atomic mass is 9.93. The van der Waals surface area contributed by atoms with Gasteiger partial charge in [0.25, 0.3) is 0 Å². The van der Waals surface area contributed by atoms with Gasteiger partial charge in [-0.2, -0.15) is 16.9 Å². The lowest BCUT2D eigenvalue weighted by Crippen LogP contribution is -2.21. The minimum Gasteiger partial charge on any atom is -0.493 e. The van der Waals surface area contributed by atoms with E-state index in [-0.39, 0.29) is 6.04 Å². The van der Waals surface area contributed by atoms with E-state index in [4.69, 9.17) is 10.5 Å². The molecule has 2 rings (SSSR count). The lowest BCUT2D eigenvalue weighted by molar-refractivity contribution is 0.375. The van der Waals surface area contributed by atoms with Gasteiger partial charge in [0.05, 0.1) is 25.0 Å². The van der Waals surface area contributed by atoms with E-state index in [1.165, 1.54) is 24.3 Å². The van der Waals surface area contributed by atoms with Crippen molar-refractivity contribution in [3.05, 3.63) is 11.9 Å². The fourth-order valence-corrected chi connectivity index (χ4v) is 3.66. The van der Waals surface area contributed by atoms with E-state index in [0.717, 1.165) is 23.8 Å². The molecule has 1 atom stereocenters. The molecule has 2 heterocycles. The van der Waals surface area contributed by atoms with Crippen molar-refractivity contribution in [2.24, 2.45) is 18.7 Å². The molecule has 0 bridgehead atoms. The topological polar surface area (TPSA) is 53.1 Å². The first kappa shape index (κ1) is 12.8. The van der Waals surface area contributed by atoms with Gasteiger partial charge < -0.3 is 10.5 Å². The molecule has 0 aromatic carbocycles. The van der Waals surface area contributed by atoms with E-state index >= 15 is 0 Å². The van der Waals surface area contributed by atoms with E-state index in [1.54, 1.807) is 13.3 Å². The van der Waals surface area contributed by atoms with Crippen molar-refractivity contribution in [2.75, 3.05) is 18.6 Å². The summed E-state index contributed by atoms with van der Waals surface area (Å²) >= 11 is 2.05. The van der Waals surface area contributed by atoms with Crippen LogP contribution in [0.2, 0.25) is 0 Å². The van der Waals surface area contributed by atoms with Crippen LogP contribution in [-0.2, 0) is 7.05 Å². The number of rotatable bonds is 4. The number of methoxy groups -OCH3 is 1. The predicted molar refractivity (Wildman–Crippen MR) is 71.4 cm³/mol. The zero-order valence-electron chi connectivity index (χ0n) is 10.6. The van der Waals surface area contributed by atoms with E-state index in [0.29, 0.717) is 0 Å². The fourth-order valence-electron chi connectivity index (χ4n) is 2.46. The van der Waals surface area contributed by atoms with Crippen LogP contribution in [0.5, 0.6) is 5.75 Å². The second-order valence-corrected chi connectivity index (χ2v) is 5.84. The SMILES string of the molecule is COc1cnn(C)c1C(N)CC1CCSCC1. The summed E-state index contributed by atoms with van der Waals surface area (Å²) in [6.45, 7) is 0. The van der Waals surface area contributed by atoms with Crippen LogP contribution in [0.1, 0.15) is 31.0 Å². The molecule has 4 nitrogen and oxygen atoms in total. The molecule has 1 aliphatic heterocycles. The summed E-state index contributed by atoms with van der Waals surface area (Å²) in [6.07, 6.45) is 5.36. The van der Waals surface area contributed by atoms with Crippen LogP contribution in [-0.4, -0.2) is 28.4 Å². The molecule has 1 fully saturated rings. The van der Waals surface area contributed by atoms with Crippen LogP contribution in [0.3, 0.4) is 0 Å². The average Bonchev–Trinajstić information content (AvgIpc) is 2.71. The van der Waals surface area contributed by atoms with Crippen molar-refractivity contribution in [2.45, 2.75) is 25.3 Å². The highest BCUT2D eigenvalue weighted by Gasteiger charge is 2.22. The number of hydrogen-bond acceptors (Lipinski definition) is 4. The van der Waals surface area contributed by atoms with Crippen molar-refractivity contribution in [1.29, 1.82) is 0 Å². The minimum atomic E-state index is 0.0329. The van der Waals surface area contributed by atoms with Crippen LogP contribution >= 0.6 is 11.8 Å². The van der Waals surface area contributed by atoms with Crippen LogP contribution in [0.25, 0.3) is 0 Å². The molecule has 1 unspecified atom stereocenters. The smallest absolute Gasteiger partial charge is 0.161 e. The third kappa shape index (κ3) is 2.96. The highest BCUT2D eigenvalue weighted by atomic mass is 32.2. The summed E-state index contributed by atoms with van der Waals surface area (Å²) in [5.41, 5.74) is 7.32. The second-order valence-electron chi connectivity index (χ2n) is 4.62. The molecular weight excluding hydrogens is 234 g/mol. The van der Waals surface area contributed by atoms with Crippen LogP contribution in [0.4, 0.5) is 0 Å². The number of ether oxygens (including phenoxy) is 1. The number of nitrogens with zero attached hydrogens (tertiary/aromatic N) is 2. The van der Waals surface area contributed by atoms with Gasteiger partial charge in [0, 0.05) is 7.05 Å². The first-order valence-electron chi connectivity index (χ1n) is 6.11. The standard InChI is InChI=1S/C12H21N3OS/c1-15-12(11(16-2)8-14-15)10(13)7-9-3-5-17-6-4-9/h8-10H,3-7,13H2,1-2H3. The molecule has 1 aromatic rings. The van der Waals surface area contributed by atoms with Gasteiger partial charge in [0.1, 0.15) is 0 Å². The molecule has 96 valence electrons. The maximum atomic E-state index is 6.30. The maximum Gasteiger partial charge on any atom is 0.161 e. The van der Waals surface area contributed by atoms with E-state index in [2.05, 4.69) is 16.9 Å². The van der Waals surface area contributed by atoms with Crippen LogP contribution in [0.15, 0.2) is 6.20 Å². The molecule has 0 radical (unpaired) electrons. The van der Waals surface area contributed by atoms with Gasteiger partial charge in [0.15, 0.2) is 5.75 Å². The normalized spacial score (nSPS) is 19.2. The summed E-state index contributed by atoms with van der Waals surface area (Å²) in [5.74, 6) is 4.12. The maximum absolute atomic E-state index is 6.30. The summed E-state index contributed by atoms with van der Waals surface area (Å²) in [4.78, 5) is 0. The second kappa shape index (κ2) is 5.78. The quantitative estimate of drug-likeness (QED) is 0.893. The molecule has 1 aliphatic rings. The van der Waals surface area contributed by atoms with E-state index in [1.807, 2.05) is 11.7 Å². The largest absolute Gasteiger partial charge is 0.493 e. The molecule has 5 heteroatoms. The number of aromatic nitrogens is 2. The van der Waals surface area contributed by atoms with Crippen LogP contribution < -0.4 is 10.5 Å². The number of hydrogen-bond donors (Lipinski definition) is 1. The summed E-state index contributed by atoms with van der Waals surface area (Å²) < 4.78 is 7.14. The van der Waals surface area contributed by atoms with E-state index in [9.17, 15) is 0 Å². The molecule has 0 amide bonds. The van der Waals surface area contributed by atoms with Gasteiger partial charge in [-0.15, -0.1) is 0 Å². The van der Waals surface area contributed by atoms with Gasteiger partial charge in [-0.25, -0.2) is 0 Å². The van der Waals surface area contributed by atoms with Gasteiger partial charge >= 0.3 is 0 Å². The minimum absolute atomic E-state index is 0.0329. The van der Waals surface area contributed by atoms with Crippen molar-refractivity contribution >= 4 is 11.8 Å². The Morgan fingerprint density at radius 1 is 1.59 bits per heavy atom. The van der Waals surface area contributed by atoms with Gasteiger partial charge in [-0.1, -0.05) is 0 Å².